The average Bonchev–Trinajstić information content (AvgIpc) is 3.32. The van der Waals surface area contributed by atoms with Gasteiger partial charge in [-0.05, 0) is 76.8 Å². The van der Waals surface area contributed by atoms with Crippen LogP contribution in [-0.2, 0) is 24.1 Å². The van der Waals surface area contributed by atoms with E-state index in [-0.39, 0.29) is 12.6 Å². The molecule has 0 aliphatic carbocycles. The van der Waals surface area contributed by atoms with E-state index < -0.39 is 17.7 Å². The van der Waals surface area contributed by atoms with Crippen LogP contribution in [0.1, 0.15) is 56.8 Å². The lowest BCUT2D eigenvalue weighted by Crippen LogP contribution is -2.32. The van der Waals surface area contributed by atoms with Gasteiger partial charge in [-0.15, -0.1) is 15.3 Å². The quantitative estimate of drug-likeness (QED) is 0.207. The Balaban J connectivity index is 1.37. The third-order valence-electron chi connectivity index (χ3n) is 5.08. The molecule has 0 bridgehead atoms. The maximum absolute atomic E-state index is 12.4. The molecule has 40 heavy (non-hydrogen) atoms. The number of carbonyl (C=O) groups excluding carboxylic acids is 3. The molecule has 3 rings (SSSR count). The van der Waals surface area contributed by atoms with Crippen molar-refractivity contribution in [2.75, 3.05) is 22.5 Å². The summed E-state index contributed by atoms with van der Waals surface area (Å²) in [4.78, 5) is 35.8. The van der Waals surface area contributed by atoms with Gasteiger partial charge in [0.1, 0.15) is 10.6 Å². The molecule has 2 heterocycles. The Bertz CT molecular complexity index is 1280. The highest BCUT2D eigenvalue weighted by atomic mass is 32.1. The number of hydrogen-bond acceptors (Lipinski definition) is 9. The first-order chi connectivity index (χ1) is 19.1. The van der Waals surface area contributed by atoms with E-state index in [0.717, 1.165) is 41.9 Å². The Kier molecular flexibility index (Phi) is 11.1. The van der Waals surface area contributed by atoms with Crippen molar-refractivity contribution in [3.63, 3.8) is 0 Å². The number of ether oxygens (including phenoxy) is 1. The number of unbranched alkanes of at least 4 members (excludes halogenated alkanes) is 1. The zero-order chi connectivity index (χ0) is 29.0. The maximum atomic E-state index is 12.4. The molecule has 214 valence electrons. The summed E-state index contributed by atoms with van der Waals surface area (Å²) in [6.45, 7) is 8.02. The van der Waals surface area contributed by atoms with Crippen molar-refractivity contribution in [3.8, 4) is 0 Å². The highest BCUT2D eigenvalue weighted by Crippen LogP contribution is 2.19. The van der Waals surface area contributed by atoms with Crippen LogP contribution in [0, 0.1) is 0 Å². The lowest BCUT2D eigenvalue weighted by atomic mass is 10.1. The van der Waals surface area contributed by atoms with Gasteiger partial charge in [-0.25, -0.2) is 14.4 Å². The molecule has 0 unspecified atom stereocenters. The van der Waals surface area contributed by atoms with Crippen molar-refractivity contribution in [3.05, 3.63) is 52.7 Å². The second-order valence-corrected chi connectivity index (χ2v) is 10.8. The van der Waals surface area contributed by atoms with Crippen LogP contribution >= 0.6 is 11.3 Å². The second-order valence-electron chi connectivity index (χ2n) is 9.74. The van der Waals surface area contributed by atoms with E-state index in [9.17, 15) is 14.4 Å². The van der Waals surface area contributed by atoms with Crippen molar-refractivity contribution in [2.24, 2.45) is 0 Å². The fourth-order valence-corrected chi connectivity index (χ4v) is 4.15. The van der Waals surface area contributed by atoms with E-state index in [1.807, 2.05) is 19.1 Å². The summed E-state index contributed by atoms with van der Waals surface area (Å²) in [5.74, 6) is 0.399. The van der Waals surface area contributed by atoms with Gasteiger partial charge in [-0.3, -0.25) is 10.6 Å². The molecular weight excluding hydrogens is 534 g/mol. The van der Waals surface area contributed by atoms with Gasteiger partial charge in [0.2, 0.25) is 5.13 Å². The SMILES string of the molecule is CCNC(=O)Nc1ccc(CCCCc2nnc(NC(=O)Nc3cccc(CNC(=O)OC(C)(C)C)c3)s2)nn1. The number of urea groups is 2. The number of rotatable bonds is 11. The van der Waals surface area contributed by atoms with E-state index in [0.29, 0.717) is 23.2 Å². The number of carbonyl (C=O) groups is 3. The van der Waals surface area contributed by atoms with Crippen molar-refractivity contribution >= 4 is 46.1 Å². The summed E-state index contributed by atoms with van der Waals surface area (Å²) in [5.41, 5.74) is 1.64. The molecule has 13 nitrogen and oxygen atoms in total. The highest BCUT2D eigenvalue weighted by Gasteiger charge is 2.16. The van der Waals surface area contributed by atoms with Gasteiger partial charge in [0.05, 0.1) is 5.69 Å². The lowest BCUT2D eigenvalue weighted by Gasteiger charge is -2.19. The zero-order valence-corrected chi connectivity index (χ0v) is 23.9. The van der Waals surface area contributed by atoms with E-state index in [1.165, 1.54) is 11.3 Å². The molecule has 2 aromatic heterocycles. The molecule has 0 aliphatic heterocycles. The Morgan fingerprint density at radius 2 is 1.68 bits per heavy atom. The molecule has 14 heteroatoms. The first kappa shape index (κ1) is 30.2. The number of alkyl carbamates (subject to hydrolysis) is 1. The molecule has 3 aromatic rings. The van der Waals surface area contributed by atoms with E-state index in [4.69, 9.17) is 4.74 Å². The summed E-state index contributed by atoms with van der Waals surface area (Å²) in [6.07, 6.45) is 2.70. The van der Waals surface area contributed by atoms with Gasteiger partial charge in [0, 0.05) is 25.2 Å². The zero-order valence-electron chi connectivity index (χ0n) is 23.0. The third kappa shape index (κ3) is 11.2. The fraction of sp³-hybridized carbons (Fsp3) is 0.423. The fourth-order valence-electron chi connectivity index (χ4n) is 3.38. The number of nitrogens with zero attached hydrogens (tertiary/aromatic N) is 4. The summed E-state index contributed by atoms with van der Waals surface area (Å²) >= 11 is 1.32. The molecule has 0 radical (unpaired) electrons. The number of anilines is 3. The van der Waals surface area contributed by atoms with E-state index >= 15 is 0 Å². The molecule has 5 amide bonds. The van der Waals surface area contributed by atoms with Crippen LogP contribution in [0.25, 0.3) is 0 Å². The predicted octanol–water partition coefficient (Wildman–Crippen LogP) is 4.70. The number of benzene rings is 1. The Morgan fingerprint density at radius 1 is 0.875 bits per heavy atom. The number of amides is 5. The monoisotopic (exact) mass is 569 g/mol. The van der Waals surface area contributed by atoms with Crippen molar-refractivity contribution in [2.45, 2.75) is 65.5 Å². The normalized spacial score (nSPS) is 10.9. The van der Waals surface area contributed by atoms with Gasteiger partial charge in [0.15, 0.2) is 5.82 Å². The molecule has 0 saturated heterocycles. The maximum Gasteiger partial charge on any atom is 0.407 e. The Labute approximate surface area is 236 Å². The van der Waals surface area contributed by atoms with Gasteiger partial charge in [-0.2, -0.15) is 5.10 Å². The summed E-state index contributed by atoms with van der Waals surface area (Å²) in [5, 5.41) is 31.0. The molecule has 0 fully saturated rings. The Morgan fingerprint density at radius 3 is 2.40 bits per heavy atom. The minimum Gasteiger partial charge on any atom is -0.444 e. The molecular formula is C26H35N9O4S. The molecule has 0 saturated carbocycles. The number of aromatic nitrogens is 4. The molecule has 0 spiro atoms. The van der Waals surface area contributed by atoms with Gasteiger partial charge >= 0.3 is 18.2 Å². The van der Waals surface area contributed by atoms with Crippen molar-refractivity contribution in [1.29, 1.82) is 0 Å². The van der Waals surface area contributed by atoms with Gasteiger partial charge < -0.3 is 20.7 Å². The lowest BCUT2D eigenvalue weighted by molar-refractivity contribution is 0.0523. The second kappa shape index (κ2) is 14.7. The van der Waals surface area contributed by atoms with Crippen LogP contribution in [-0.4, -0.2) is 50.7 Å². The Hall–Kier alpha value is -4.33. The number of nitrogens with one attached hydrogen (secondary N) is 5. The summed E-state index contributed by atoms with van der Waals surface area (Å²) < 4.78 is 5.23. The smallest absolute Gasteiger partial charge is 0.407 e. The van der Waals surface area contributed by atoms with Crippen molar-refractivity contribution < 1.29 is 19.1 Å². The van der Waals surface area contributed by atoms with Crippen LogP contribution in [0.5, 0.6) is 0 Å². The van der Waals surface area contributed by atoms with Gasteiger partial charge in [-0.1, -0.05) is 23.5 Å². The van der Waals surface area contributed by atoms with E-state index in [1.54, 1.807) is 45.0 Å². The molecule has 0 atom stereocenters. The van der Waals surface area contributed by atoms with Crippen LogP contribution in [0.2, 0.25) is 0 Å². The molecule has 0 aliphatic rings. The van der Waals surface area contributed by atoms with Crippen molar-refractivity contribution in [1.82, 2.24) is 31.0 Å². The molecule has 1 aromatic carbocycles. The standard InChI is InChI=1S/C26H35N9O4S/c1-5-27-22(36)30-20-14-13-18(32-33-20)10-6-7-12-21-34-35-24(40-21)31-23(37)29-19-11-8-9-17(15-19)16-28-25(38)39-26(2,3)4/h8-9,11,13-15H,5-7,10,12,16H2,1-4H3,(H,28,38)(H2,27,30,33,36)(H2,29,31,35,37). The summed E-state index contributed by atoms with van der Waals surface area (Å²) in [6, 6.07) is 9.95. The largest absolute Gasteiger partial charge is 0.444 e. The van der Waals surface area contributed by atoms with E-state index in [2.05, 4.69) is 47.0 Å². The summed E-state index contributed by atoms with van der Waals surface area (Å²) in [7, 11) is 0. The minimum atomic E-state index is -0.577. The van der Waals surface area contributed by atoms with Crippen LogP contribution in [0.3, 0.4) is 0 Å². The predicted molar refractivity (Wildman–Crippen MR) is 153 cm³/mol. The first-order valence-corrected chi connectivity index (χ1v) is 13.7. The number of aryl methyl sites for hydroxylation is 2. The minimum absolute atomic E-state index is 0.263. The molecule has 5 N–H and O–H groups in total. The first-order valence-electron chi connectivity index (χ1n) is 12.9. The topological polar surface area (TPSA) is 172 Å². The highest BCUT2D eigenvalue weighted by molar-refractivity contribution is 7.15. The third-order valence-corrected chi connectivity index (χ3v) is 5.98. The van der Waals surface area contributed by atoms with Gasteiger partial charge in [0.25, 0.3) is 0 Å². The van der Waals surface area contributed by atoms with Crippen LogP contribution in [0.4, 0.5) is 31.0 Å². The van der Waals surface area contributed by atoms with Crippen LogP contribution in [0.15, 0.2) is 36.4 Å². The average molecular weight is 570 g/mol. The van der Waals surface area contributed by atoms with Crippen LogP contribution < -0.4 is 26.6 Å². The number of hydrogen-bond donors (Lipinski definition) is 5.